The van der Waals surface area contributed by atoms with E-state index in [0.29, 0.717) is 17.4 Å². The molecular weight excluding hydrogens is 356 g/mol. The van der Waals surface area contributed by atoms with E-state index in [2.05, 4.69) is 37.9 Å². The summed E-state index contributed by atoms with van der Waals surface area (Å²) in [5.74, 6) is 2.25. The number of nitrogens with zero attached hydrogens (tertiary/aromatic N) is 4. The molecule has 0 unspecified atom stereocenters. The highest BCUT2D eigenvalue weighted by molar-refractivity contribution is 5.75. The predicted molar refractivity (Wildman–Crippen MR) is 104 cm³/mol. The Hall–Kier alpha value is -3.70. The van der Waals surface area contributed by atoms with Gasteiger partial charge in [0, 0.05) is 12.6 Å². The Bertz CT molecular complexity index is 1050. The maximum atomic E-state index is 8.78. The molecule has 2 N–H and O–H groups in total. The Balaban J connectivity index is 1.57. The van der Waals surface area contributed by atoms with E-state index < -0.39 is 0 Å². The summed E-state index contributed by atoms with van der Waals surface area (Å²) in [6.45, 7) is 1.86. The molecule has 0 bridgehead atoms. The maximum Gasteiger partial charge on any atom is 0.175 e. The van der Waals surface area contributed by atoms with Crippen LogP contribution in [0.5, 0.6) is 5.75 Å². The van der Waals surface area contributed by atoms with Crippen molar-refractivity contribution >= 4 is 17.2 Å². The van der Waals surface area contributed by atoms with Gasteiger partial charge in [0.2, 0.25) is 0 Å². The van der Waals surface area contributed by atoms with Gasteiger partial charge in [-0.25, -0.2) is 9.97 Å². The van der Waals surface area contributed by atoms with Crippen molar-refractivity contribution in [2.75, 3.05) is 25.5 Å². The lowest BCUT2D eigenvalue weighted by Crippen LogP contribution is -2.20. The van der Waals surface area contributed by atoms with Crippen LogP contribution in [0, 0.1) is 11.3 Å². The van der Waals surface area contributed by atoms with E-state index in [4.69, 9.17) is 14.5 Å². The molecule has 0 aliphatic carbocycles. The average Bonchev–Trinajstić information content (AvgIpc) is 3.22. The summed E-state index contributed by atoms with van der Waals surface area (Å²) >= 11 is 0. The number of benzene rings is 1. The molecule has 0 atom stereocenters. The maximum absolute atomic E-state index is 8.78. The van der Waals surface area contributed by atoms with Crippen LogP contribution in [-0.2, 0) is 0 Å². The number of nitriles is 1. The van der Waals surface area contributed by atoms with E-state index in [0.717, 1.165) is 36.4 Å². The third-order valence-corrected chi connectivity index (χ3v) is 4.43. The molecule has 0 saturated heterocycles. The number of ether oxygens (including phenoxy) is 1. The number of hydrogen-bond acceptors (Lipinski definition) is 8. The lowest BCUT2D eigenvalue weighted by molar-refractivity contribution is 0.407. The highest BCUT2D eigenvalue weighted by atomic mass is 16.5. The molecule has 1 aromatic carbocycles. The Labute approximate surface area is 161 Å². The first-order valence-electron chi connectivity index (χ1n) is 8.81. The Kier molecular flexibility index (Phi) is 4.99. The van der Waals surface area contributed by atoms with E-state index in [1.54, 1.807) is 13.2 Å². The smallest absolute Gasteiger partial charge is 0.175 e. The number of anilines is 2. The van der Waals surface area contributed by atoms with Crippen LogP contribution in [0.2, 0.25) is 0 Å². The van der Waals surface area contributed by atoms with Crippen molar-refractivity contribution in [2.45, 2.75) is 6.42 Å². The molecule has 1 aliphatic rings. The van der Waals surface area contributed by atoms with E-state index in [9.17, 15) is 0 Å². The molecule has 2 aromatic heterocycles. The molecule has 0 saturated carbocycles. The van der Waals surface area contributed by atoms with Crippen LogP contribution in [0.1, 0.15) is 17.7 Å². The first kappa shape index (κ1) is 17.7. The number of hydrogen-bond donors (Lipinski definition) is 2. The van der Waals surface area contributed by atoms with Crippen LogP contribution in [0.4, 0.5) is 11.6 Å². The van der Waals surface area contributed by atoms with Crippen LogP contribution < -0.4 is 15.4 Å². The summed E-state index contributed by atoms with van der Waals surface area (Å²) in [4.78, 5) is 8.08. The Morgan fingerprint density at radius 1 is 1.21 bits per heavy atom. The SMILES string of the molecule is COc1cc(C2=CCNCC2)ccc1-c1cc(Nc2cnc(C#N)cn2)no1. The average molecular weight is 374 g/mol. The normalized spacial score (nSPS) is 13.5. The molecule has 8 heteroatoms. The largest absolute Gasteiger partial charge is 0.496 e. The van der Waals surface area contributed by atoms with E-state index in [1.807, 2.05) is 18.2 Å². The van der Waals surface area contributed by atoms with Gasteiger partial charge in [0.25, 0.3) is 0 Å². The van der Waals surface area contributed by atoms with Gasteiger partial charge in [-0.05, 0) is 36.2 Å². The summed E-state index contributed by atoms with van der Waals surface area (Å²) in [6, 6.07) is 9.76. The molecular formula is C20H18N6O2. The third kappa shape index (κ3) is 3.70. The van der Waals surface area contributed by atoms with Crippen LogP contribution in [-0.4, -0.2) is 35.3 Å². The van der Waals surface area contributed by atoms with Gasteiger partial charge in [-0.3, -0.25) is 0 Å². The van der Waals surface area contributed by atoms with E-state index in [1.165, 1.54) is 18.0 Å². The zero-order valence-corrected chi connectivity index (χ0v) is 15.3. The van der Waals surface area contributed by atoms with Crippen molar-refractivity contribution < 1.29 is 9.26 Å². The van der Waals surface area contributed by atoms with Crippen molar-refractivity contribution in [3.63, 3.8) is 0 Å². The predicted octanol–water partition coefficient (Wildman–Crippen LogP) is 3.13. The molecule has 0 spiro atoms. The zero-order valence-electron chi connectivity index (χ0n) is 15.3. The summed E-state index contributed by atoms with van der Waals surface area (Å²) in [7, 11) is 1.64. The van der Waals surface area contributed by atoms with Gasteiger partial charge >= 0.3 is 0 Å². The second kappa shape index (κ2) is 7.90. The zero-order chi connectivity index (χ0) is 19.3. The van der Waals surface area contributed by atoms with Gasteiger partial charge in [-0.2, -0.15) is 5.26 Å². The summed E-state index contributed by atoms with van der Waals surface area (Å²) < 4.78 is 11.1. The van der Waals surface area contributed by atoms with Crippen LogP contribution >= 0.6 is 0 Å². The molecule has 140 valence electrons. The standard InChI is InChI=1S/C20H18N6O2/c1-27-17-8-14(13-4-6-22-7-5-13)2-3-16(17)18-9-19(26-28-18)25-20-12-23-15(10-21)11-24-20/h2-4,8-9,11-12,22H,5-7H2,1H3,(H,24,25,26). The Morgan fingerprint density at radius 2 is 2.14 bits per heavy atom. The molecule has 4 rings (SSSR count). The molecule has 8 nitrogen and oxygen atoms in total. The topological polar surface area (TPSA) is 109 Å². The fourth-order valence-electron chi connectivity index (χ4n) is 3.02. The second-order valence-electron chi connectivity index (χ2n) is 6.20. The molecule has 0 radical (unpaired) electrons. The molecule has 28 heavy (non-hydrogen) atoms. The summed E-state index contributed by atoms with van der Waals surface area (Å²) in [6.07, 6.45) is 6.05. The molecule has 3 heterocycles. The minimum absolute atomic E-state index is 0.250. The van der Waals surface area contributed by atoms with Crippen molar-refractivity contribution in [3.8, 4) is 23.1 Å². The highest BCUT2D eigenvalue weighted by Crippen LogP contribution is 2.35. The van der Waals surface area contributed by atoms with Gasteiger partial charge in [0.1, 0.15) is 17.6 Å². The first-order valence-corrected chi connectivity index (χ1v) is 8.81. The van der Waals surface area contributed by atoms with Crippen LogP contribution in [0.15, 0.2) is 47.3 Å². The number of aromatic nitrogens is 3. The third-order valence-electron chi connectivity index (χ3n) is 4.43. The molecule has 1 aliphatic heterocycles. The van der Waals surface area contributed by atoms with Crippen LogP contribution in [0.3, 0.4) is 0 Å². The molecule has 3 aromatic rings. The van der Waals surface area contributed by atoms with Crippen molar-refractivity contribution in [2.24, 2.45) is 0 Å². The number of nitrogens with one attached hydrogen (secondary N) is 2. The quantitative estimate of drug-likeness (QED) is 0.701. The van der Waals surface area contributed by atoms with Crippen LogP contribution in [0.25, 0.3) is 16.9 Å². The van der Waals surface area contributed by atoms with E-state index in [-0.39, 0.29) is 5.69 Å². The monoisotopic (exact) mass is 374 g/mol. The van der Waals surface area contributed by atoms with Gasteiger partial charge in [-0.1, -0.05) is 17.3 Å². The second-order valence-corrected chi connectivity index (χ2v) is 6.20. The molecule has 0 fully saturated rings. The summed E-state index contributed by atoms with van der Waals surface area (Å²) in [5, 5.41) is 19.1. The fourth-order valence-corrected chi connectivity index (χ4v) is 3.02. The lowest BCUT2D eigenvalue weighted by Gasteiger charge is -2.15. The van der Waals surface area contributed by atoms with Gasteiger partial charge < -0.3 is 19.9 Å². The summed E-state index contributed by atoms with van der Waals surface area (Å²) in [5.41, 5.74) is 3.52. The van der Waals surface area contributed by atoms with Crippen molar-refractivity contribution in [3.05, 3.63) is 54.0 Å². The lowest BCUT2D eigenvalue weighted by atomic mass is 9.98. The van der Waals surface area contributed by atoms with Gasteiger partial charge in [0.15, 0.2) is 17.3 Å². The number of rotatable bonds is 5. The van der Waals surface area contributed by atoms with Crippen molar-refractivity contribution in [1.29, 1.82) is 5.26 Å². The highest BCUT2D eigenvalue weighted by Gasteiger charge is 2.15. The first-order chi connectivity index (χ1) is 13.8. The van der Waals surface area contributed by atoms with Crippen molar-refractivity contribution in [1.82, 2.24) is 20.4 Å². The minimum atomic E-state index is 0.250. The minimum Gasteiger partial charge on any atom is -0.496 e. The van der Waals surface area contributed by atoms with Gasteiger partial charge in [-0.15, -0.1) is 0 Å². The molecule has 0 amide bonds. The van der Waals surface area contributed by atoms with E-state index >= 15 is 0 Å². The Morgan fingerprint density at radius 3 is 2.86 bits per heavy atom. The fraction of sp³-hybridized carbons (Fsp3) is 0.200. The number of methoxy groups -OCH3 is 1. The van der Waals surface area contributed by atoms with Gasteiger partial charge in [0.05, 0.1) is 25.1 Å².